The first-order chi connectivity index (χ1) is 7.04. The number of hydrogen-bond donors (Lipinski definition) is 3. The minimum absolute atomic E-state index is 0.0177. The molecule has 0 aromatic heterocycles. The summed E-state index contributed by atoms with van der Waals surface area (Å²) in [6, 6.07) is 3.47. The van der Waals surface area contributed by atoms with Crippen molar-refractivity contribution in [1.29, 1.82) is 0 Å². The number of hydrogen-bond acceptors (Lipinski definition) is 3. The van der Waals surface area contributed by atoms with E-state index in [2.05, 4.69) is 11.9 Å². The zero-order chi connectivity index (χ0) is 11.4. The van der Waals surface area contributed by atoms with E-state index in [0.717, 1.165) is 12.1 Å². The second kappa shape index (κ2) is 4.72. The molecule has 0 heterocycles. The summed E-state index contributed by atoms with van der Waals surface area (Å²) in [7, 11) is -1.73. The van der Waals surface area contributed by atoms with E-state index in [9.17, 15) is 9.18 Å². The molecule has 4 nitrogen and oxygen atoms in total. The van der Waals surface area contributed by atoms with Gasteiger partial charge in [0.2, 0.25) is 5.91 Å². The summed E-state index contributed by atoms with van der Waals surface area (Å²) in [6.45, 7) is 3.22. The maximum absolute atomic E-state index is 13.2. The van der Waals surface area contributed by atoms with Crippen LogP contribution in [-0.4, -0.2) is 23.1 Å². The van der Waals surface area contributed by atoms with Gasteiger partial charge >= 0.3 is 7.12 Å². The van der Waals surface area contributed by atoms with E-state index >= 15 is 0 Å². The van der Waals surface area contributed by atoms with Gasteiger partial charge in [0, 0.05) is 0 Å². The number of carbonyl (C=O) groups excluding carboxylic acids is 1. The van der Waals surface area contributed by atoms with E-state index in [1.165, 1.54) is 12.1 Å². The van der Waals surface area contributed by atoms with Crippen LogP contribution < -0.4 is 10.8 Å². The average molecular weight is 209 g/mol. The molecule has 78 valence electrons. The zero-order valence-corrected chi connectivity index (χ0v) is 7.77. The van der Waals surface area contributed by atoms with Crippen LogP contribution in [0.4, 0.5) is 10.1 Å². The Morgan fingerprint density at radius 2 is 2.20 bits per heavy atom. The molecule has 0 unspecified atom stereocenters. The van der Waals surface area contributed by atoms with Crippen molar-refractivity contribution < 1.29 is 19.2 Å². The molecular weight excluding hydrogens is 200 g/mol. The van der Waals surface area contributed by atoms with Crippen molar-refractivity contribution in [3.63, 3.8) is 0 Å². The normalized spacial score (nSPS) is 9.53. The van der Waals surface area contributed by atoms with Gasteiger partial charge in [0.25, 0.3) is 0 Å². The lowest BCUT2D eigenvalue weighted by Gasteiger charge is -2.05. The van der Waals surface area contributed by atoms with Crippen LogP contribution in [0.5, 0.6) is 0 Å². The third-order valence-corrected chi connectivity index (χ3v) is 1.73. The predicted molar refractivity (Wildman–Crippen MR) is 55.1 cm³/mol. The molecule has 6 heteroatoms. The van der Waals surface area contributed by atoms with E-state index in [4.69, 9.17) is 10.0 Å². The zero-order valence-electron chi connectivity index (χ0n) is 7.77. The topological polar surface area (TPSA) is 69.6 Å². The molecule has 0 atom stereocenters. The molecule has 1 amide bonds. The summed E-state index contributed by atoms with van der Waals surface area (Å²) < 4.78 is 13.2. The van der Waals surface area contributed by atoms with Gasteiger partial charge in [-0.2, -0.15) is 0 Å². The van der Waals surface area contributed by atoms with Crippen LogP contribution in [0.25, 0.3) is 0 Å². The Balaban J connectivity index is 2.93. The third-order valence-electron chi connectivity index (χ3n) is 1.73. The summed E-state index contributed by atoms with van der Waals surface area (Å²) in [6.07, 6.45) is 1.01. The molecule has 1 rings (SSSR count). The number of carbonyl (C=O) groups is 1. The van der Waals surface area contributed by atoms with E-state index in [0.29, 0.717) is 0 Å². The van der Waals surface area contributed by atoms with E-state index in [-0.39, 0.29) is 11.2 Å². The minimum Gasteiger partial charge on any atom is -0.423 e. The minimum atomic E-state index is -1.73. The fourth-order valence-electron chi connectivity index (χ4n) is 0.977. The number of halogens is 1. The summed E-state index contributed by atoms with van der Waals surface area (Å²) in [4.78, 5) is 10.9. The van der Waals surface area contributed by atoms with Crippen LogP contribution in [0.1, 0.15) is 0 Å². The van der Waals surface area contributed by atoms with Gasteiger partial charge in [-0.3, -0.25) is 4.79 Å². The molecule has 1 aromatic carbocycles. The van der Waals surface area contributed by atoms with Crippen molar-refractivity contribution in [1.82, 2.24) is 0 Å². The lowest BCUT2D eigenvalue weighted by molar-refractivity contribution is -0.111. The largest absolute Gasteiger partial charge is 0.488 e. The highest BCUT2D eigenvalue weighted by atomic mass is 19.1. The second-order valence-corrected chi connectivity index (χ2v) is 2.81. The van der Waals surface area contributed by atoms with Gasteiger partial charge in [-0.25, -0.2) is 4.39 Å². The standard InChI is InChI=1S/C9H9BFNO3/c1-2-9(13)12-8-4-3-6(10(14)15)5-7(8)11/h2-5,14-15H,1H2,(H,12,13). The van der Waals surface area contributed by atoms with E-state index < -0.39 is 18.8 Å². The Morgan fingerprint density at radius 1 is 1.53 bits per heavy atom. The van der Waals surface area contributed by atoms with Crippen LogP contribution in [0.3, 0.4) is 0 Å². The van der Waals surface area contributed by atoms with Crippen LogP contribution in [-0.2, 0) is 4.79 Å². The van der Waals surface area contributed by atoms with Crippen molar-refractivity contribution >= 4 is 24.2 Å². The summed E-state index contributed by atoms with van der Waals surface area (Å²) in [5, 5.41) is 19.7. The number of benzene rings is 1. The van der Waals surface area contributed by atoms with E-state index in [1.807, 2.05) is 0 Å². The Morgan fingerprint density at radius 3 is 2.67 bits per heavy atom. The molecule has 0 saturated heterocycles. The van der Waals surface area contributed by atoms with Gasteiger partial charge in [0.05, 0.1) is 5.69 Å². The first-order valence-corrected chi connectivity index (χ1v) is 4.13. The first-order valence-electron chi connectivity index (χ1n) is 4.13. The summed E-state index contributed by atoms with van der Waals surface area (Å²) in [5.74, 6) is -1.28. The van der Waals surface area contributed by atoms with Crippen molar-refractivity contribution in [2.45, 2.75) is 0 Å². The van der Waals surface area contributed by atoms with Gasteiger partial charge in [-0.05, 0) is 23.7 Å². The maximum atomic E-state index is 13.2. The number of anilines is 1. The fraction of sp³-hybridized carbons (Fsp3) is 0. The smallest absolute Gasteiger partial charge is 0.423 e. The Kier molecular flexibility index (Phi) is 3.59. The molecule has 0 fully saturated rings. The van der Waals surface area contributed by atoms with Crippen molar-refractivity contribution in [3.8, 4) is 0 Å². The Bertz CT molecular complexity index is 395. The van der Waals surface area contributed by atoms with Crippen molar-refractivity contribution in [2.75, 3.05) is 5.32 Å². The van der Waals surface area contributed by atoms with E-state index in [1.54, 1.807) is 0 Å². The average Bonchev–Trinajstić information content (AvgIpc) is 2.20. The molecule has 15 heavy (non-hydrogen) atoms. The highest BCUT2D eigenvalue weighted by molar-refractivity contribution is 6.58. The van der Waals surface area contributed by atoms with Gasteiger partial charge in [0.15, 0.2) is 0 Å². The summed E-state index contributed by atoms with van der Waals surface area (Å²) >= 11 is 0. The first kappa shape index (κ1) is 11.4. The van der Waals surface area contributed by atoms with Crippen LogP contribution >= 0.6 is 0 Å². The SMILES string of the molecule is C=CC(=O)Nc1ccc(B(O)O)cc1F. The molecule has 0 bridgehead atoms. The van der Waals surface area contributed by atoms with Crippen molar-refractivity contribution in [2.24, 2.45) is 0 Å². The van der Waals surface area contributed by atoms with Gasteiger partial charge in [0.1, 0.15) is 5.82 Å². The maximum Gasteiger partial charge on any atom is 0.488 e. The van der Waals surface area contributed by atoms with Gasteiger partial charge < -0.3 is 15.4 Å². The van der Waals surface area contributed by atoms with Crippen LogP contribution in [0.15, 0.2) is 30.9 Å². The Hall–Kier alpha value is -1.66. The highest BCUT2D eigenvalue weighted by Gasteiger charge is 2.13. The predicted octanol–water partition coefficient (Wildman–Crippen LogP) is -0.370. The molecule has 0 radical (unpaired) electrons. The lowest BCUT2D eigenvalue weighted by Crippen LogP contribution is -2.30. The molecule has 0 spiro atoms. The van der Waals surface area contributed by atoms with Crippen molar-refractivity contribution in [3.05, 3.63) is 36.7 Å². The summed E-state index contributed by atoms with van der Waals surface area (Å²) in [5.41, 5.74) is -0.0200. The molecular formula is C9H9BFNO3. The van der Waals surface area contributed by atoms with Crippen LogP contribution in [0, 0.1) is 5.82 Å². The number of nitrogens with one attached hydrogen (secondary N) is 1. The highest BCUT2D eigenvalue weighted by Crippen LogP contribution is 2.11. The number of amides is 1. The third kappa shape index (κ3) is 2.90. The molecule has 0 saturated carbocycles. The monoisotopic (exact) mass is 209 g/mol. The van der Waals surface area contributed by atoms with Gasteiger partial charge in [-0.15, -0.1) is 0 Å². The lowest BCUT2D eigenvalue weighted by atomic mass is 9.80. The fourth-order valence-corrected chi connectivity index (χ4v) is 0.977. The molecule has 0 aliphatic carbocycles. The van der Waals surface area contributed by atoms with Gasteiger partial charge in [-0.1, -0.05) is 12.6 Å². The van der Waals surface area contributed by atoms with Crippen LogP contribution in [0.2, 0.25) is 0 Å². The number of rotatable bonds is 3. The molecule has 3 N–H and O–H groups in total. The molecule has 0 aliphatic rings. The molecule has 1 aromatic rings. The quantitative estimate of drug-likeness (QED) is 0.469. The Labute approximate surface area is 86.2 Å². The second-order valence-electron chi connectivity index (χ2n) is 2.81. The molecule has 0 aliphatic heterocycles.